The Morgan fingerprint density at radius 2 is 2.00 bits per heavy atom. The highest BCUT2D eigenvalue weighted by Gasteiger charge is 2.19. The number of aliphatic hydroxyl groups excluding tert-OH is 1. The van der Waals surface area contributed by atoms with Gasteiger partial charge in [-0.1, -0.05) is 6.07 Å². The average Bonchev–Trinajstić information content (AvgIpc) is 3.04. The van der Waals surface area contributed by atoms with E-state index in [1.54, 1.807) is 6.07 Å². The van der Waals surface area contributed by atoms with E-state index in [-0.39, 0.29) is 32.1 Å². The number of benzene rings is 1. The fraction of sp³-hybridized carbons (Fsp3) is 0.600. The first-order valence-corrected chi connectivity index (χ1v) is 9.37. The zero-order chi connectivity index (χ0) is 16.7. The van der Waals surface area contributed by atoms with Gasteiger partial charge in [0.15, 0.2) is 0 Å². The normalized spacial score (nSPS) is 15.3. The molecule has 1 saturated heterocycles. The molecule has 0 spiro atoms. The van der Waals surface area contributed by atoms with Crippen molar-refractivity contribution in [2.75, 3.05) is 43.6 Å². The van der Waals surface area contributed by atoms with E-state index in [1.165, 1.54) is 6.07 Å². The molecule has 6 nitrogen and oxygen atoms in total. The highest BCUT2D eigenvalue weighted by atomic mass is 32.2. The van der Waals surface area contributed by atoms with Crippen LogP contribution in [0.2, 0.25) is 0 Å². The number of nitrogens with one attached hydrogen (secondary N) is 1. The molecule has 0 atom stereocenters. The third kappa shape index (κ3) is 5.42. The van der Waals surface area contributed by atoms with E-state index in [2.05, 4.69) is 9.62 Å². The van der Waals surface area contributed by atoms with Crippen LogP contribution in [0, 0.1) is 5.82 Å². The van der Waals surface area contributed by atoms with Gasteiger partial charge in [-0.05, 0) is 25.0 Å². The summed E-state index contributed by atoms with van der Waals surface area (Å²) in [6.07, 6.45) is 2.12. The van der Waals surface area contributed by atoms with Gasteiger partial charge in [-0.15, -0.1) is 0 Å². The molecule has 0 aliphatic carbocycles. The Labute approximate surface area is 136 Å². The number of halogens is 1. The van der Waals surface area contributed by atoms with Crippen molar-refractivity contribution in [3.8, 4) is 0 Å². The zero-order valence-electron chi connectivity index (χ0n) is 13.0. The standard InChI is InChI=1S/C15H23FN2O4S/c16-14-4-3-5-15(18-6-1-2-7-18)13(14)12-17-23(20,21)11-10-22-9-8-19/h3-5,17,19H,1-2,6-12H2. The molecule has 2 rings (SSSR count). The average molecular weight is 346 g/mol. The molecule has 1 aliphatic rings. The number of ether oxygens (including phenoxy) is 1. The van der Waals surface area contributed by atoms with Gasteiger partial charge in [0.25, 0.3) is 0 Å². The second-order valence-corrected chi connectivity index (χ2v) is 7.33. The van der Waals surface area contributed by atoms with Gasteiger partial charge < -0.3 is 14.7 Å². The second kappa shape index (κ2) is 8.58. The van der Waals surface area contributed by atoms with Gasteiger partial charge in [0.1, 0.15) is 5.82 Å². The van der Waals surface area contributed by atoms with Crippen LogP contribution in [0.3, 0.4) is 0 Å². The van der Waals surface area contributed by atoms with E-state index in [0.717, 1.165) is 31.6 Å². The summed E-state index contributed by atoms with van der Waals surface area (Å²) in [7, 11) is -3.56. The quantitative estimate of drug-likeness (QED) is 0.648. The van der Waals surface area contributed by atoms with Crippen molar-refractivity contribution in [2.24, 2.45) is 0 Å². The Morgan fingerprint density at radius 3 is 2.70 bits per heavy atom. The zero-order valence-corrected chi connectivity index (χ0v) is 13.8. The van der Waals surface area contributed by atoms with Crippen LogP contribution in [0.25, 0.3) is 0 Å². The summed E-state index contributed by atoms with van der Waals surface area (Å²) in [4.78, 5) is 2.08. The molecule has 8 heteroatoms. The first-order valence-electron chi connectivity index (χ1n) is 7.72. The lowest BCUT2D eigenvalue weighted by atomic mass is 10.1. The van der Waals surface area contributed by atoms with Gasteiger partial charge in [0.05, 0.1) is 25.6 Å². The van der Waals surface area contributed by atoms with Crippen LogP contribution in [0.15, 0.2) is 18.2 Å². The molecule has 0 bridgehead atoms. The first kappa shape index (κ1) is 18.1. The first-order chi connectivity index (χ1) is 11.0. The minimum absolute atomic E-state index is 0.00779. The molecule has 1 aromatic rings. The van der Waals surface area contributed by atoms with Crippen LogP contribution in [0.1, 0.15) is 18.4 Å². The Kier molecular flexibility index (Phi) is 6.76. The minimum Gasteiger partial charge on any atom is -0.394 e. The Bertz CT molecular complexity index is 603. The van der Waals surface area contributed by atoms with Gasteiger partial charge in [-0.2, -0.15) is 0 Å². The topological polar surface area (TPSA) is 78.9 Å². The largest absolute Gasteiger partial charge is 0.394 e. The summed E-state index contributed by atoms with van der Waals surface area (Å²) in [6.45, 7) is 1.58. The van der Waals surface area contributed by atoms with E-state index >= 15 is 0 Å². The molecule has 0 aromatic heterocycles. The SMILES string of the molecule is O=S(=O)(CCOCCO)NCc1c(F)cccc1N1CCCC1. The third-order valence-electron chi connectivity index (χ3n) is 3.74. The highest BCUT2D eigenvalue weighted by molar-refractivity contribution is 7.89. The van der Waals surface area contributed by atoms with E-state index < -0.39 is 15.8 Å². The predicted octanol–water partition coefficient (Wildman–Crippen LogP) is 0.854. The van der Waals surface area contributed by atoms with Crippen LogP contribution >= 0.6 is 0 Å². The molecular weight excluding hydrogens is 323 g/mol. The fourth-order valence-corrected chi connectivity index (χ4v) is 3.41. The smallest absolute Gasteiger partial charge is 0.214 e. The summed E-state index contributed by atoms with van der Waals surface area (Å²) in [5, 5.41) is 8.58. The van der Waals surface area contributed by atoms with Crippen molar-refractivity contribution in [1.29, 1.82) is 0 Å². The highest BCUT2D eigenvalue weighted by Crippen LogP contribution is 2.26. The lowest BCUT2D eigenvalue weighted by Crippen LogP contribution is -2.30. The van der Waals surface area contributed by atoms with Gasteiger partial charge in [0.2, 0.25) is 10.0 Å². The van der Waals surface area contributed by atoms with Crippen LogP contribution < -0.4 is 9.62 Å². The predicted molar refractivity (Wildman–Crippen MR) is 86.4 cm³/mol. The Balaban J connectivity index is 1.99. The van der Waals surface area contributed by atoms with Crippen LogP contribution in [-0.2, 0) is 21.3 Å². The van der Waals surface area contributed by atoms with E-state index in [9.17, 15) is 12.8 Å². The van der Waals surface area contributed by atoms with Crippen LogP contribution in [-0.4, -0.2) is 52.2 Å². The second-order valence-electron chi connectivity index (χ2n) is 5.41. The van der Waals surface area contributed by atoms with E-state index in [4.69, 9.17) is 9.84 Å². The molecule has 1 fully saturated rings. The molecule has 0 unspecified atom stereocenters. The molecule has 23 heavy (non-hydrogen) atoms. The number of hydrogen-bond acceptors (Lipinski definition) is 5. The van der Waals surface area contributed by atoms with Crippen molar-refractivity contribution in [3.05, 3.63) is 29.6 Å². The Hall–Kier alpha value is -1.22. The molecule has 0 amide bonds. The molecule has 2 N–H and O–H groups in total. The van der Waals surface area contributed by atoms with Crippen molar-refractivity contribution in [2.45, 2.75) is 19.4 Å². The summed E-state index contributed by atoms with van der Waals surface area (Å²) in [6, 6.07) is 4.81. The Morgan fingerprint density at radius 1 is 1.26 bits per heavy atom. The summed E-state index contributed by atoms with van der Waals surface area (Å²) < 4.78 is 45.3. The van der Waals surface area contributed by atoms with Gasteiger partial charge >= 0.3 is 0 Å². The molecule has 130 valence electrons. The third-order valence-corrected chi connectivity index (χ3v) is 5.03. The number of nitrogens with zero attached hydrogens (tertiary/aromatic N) is 1. The minimum atomic E-state index is -3.56. The van der Waals surface area contributed by atoms with E-state index in [0.29, 0.717) is 5.56 Å². The number of rotatable bonds is 9. The monoisotopic (exact) mass is 346 g/mol. The summed E-state index contributed by atoms with van der Waals surface area (Å²) >= 11 is 0. The van der Waals surface area contributed by atoms with Crippen molar-refractivity contribution >= 4 is 15.7 Å². The lowest BCUT2D eigenvalue weighted by molar-refractivity contribution is 0.103. The fourth-order valence-electron chi connectivity index (χ4n) is 2.57. The van der Waals surface area contributed by atoms with Crippen molar-refractivity contribution < 1.29 is 22.7 Å². The molecule has 1 aromatic carbocycles. The number of aliphatic hydroxyl groups is 1. The summed E-state index contributed by atoms with van der Waals surface area (Å²) in [5.74, 6) is -0.630. The molecule has 1 aliphatic heterocycles. The van der Waals surface area contributed by atoms with E-state index in [1.807, 2.05) is 6.07 Å². The molecule has 0 radical (unpaired) electrons. The lowest BCUT2D eigenvalue weighted by Gasteiger charge is -2.22. The maximum atomic E-state index is 14.1. The number of hydrogen-bond donors (Lipinski definition) is 2. The van der Waals surface area contributed by atoms with Crippen LogP contribution in [0.5, 0.6) is 0 Å². The van der Waals surface area contributed by atoms with Crippen LogP contribution in [0.4, 0.5) is 10.1 Å². The van der Waals surface area contributed by atoms with Crippen molar-refractivity contribution in [1.82, 2.24) is 4.72 Å². The van der Waals surface area contributed by atoms with Gasteiger partial charge in [-0.3, -0.25) is 0 Å². The van der Waals surface area contributed by atoms with Gasteiger partial charge in [0, 0.05) is 30.9 Å². The summed E-state index contributed by atoms with van der Waals surface area (Å²) in [5.41, 5.74) is 1.12. The molecular formula is C15H23FN2O4S. The molecule has 0 saturated carbocycles. The number of sulfonamides is 1. The van der Waals surface area contributed by atoms with Gasteiger partial charge in [-0.25, -0.2) is 17.5 Å². The maximum Gasteiger partial charge on any atom is 0.214 e. The number of anilines is 1. The maximum absolute atomic E-state index is 14.1. The molecule has 1 heterocycles. The van der Waals surface area contributed by atoms with Crippen molar-refractivity contribution in [3.63, 3.8) is 0 Å².